The van der Waals surface area contributed by atoms with E-state index in [4.69, 9.17) is 10.00 Å². The van der Waals surface area contributed by atoms with Gasteiger partial charge in [0.15, 0.2) is 5.75 Å². The standard InChI is InChI=1S/C17H18N2O/c1-12-5-6-14(17(2,3)4)15(9-12)20-16-11-19-8-7-13(16)10-18/h5-9,11H,1-4H3. The molecule has 0 N–H and O–H groups in total. The molecule has 0 amide bonds. The van der Waals surface area contributed by atoms with Crippen molar-refractivity contribution in [1.29, 1.82) is 5.26 Å². The summed E-state index contributed by atoms with van der Waals surface area (Å²) in [5, 5.41) is 9.12. The van der Waals surface area contributed by atoms with Crippen LogP contribution in [0.3, 0.4) is 0 Å². The van der Waals surface area contributed by atoms with Gasteiger partial charge in [0.25, 0.3) is 0 Å². The van der Waals surface area contributed by atoms with Crippen molar-refractivity contribution in [1.82, 2.24) is 4.98 Å². The monoisotopic (exact) mass is 266 g/mol. The second kappa shape index (κ2) is 5.34. The van der Waals surface area contributed by atoms with Crippen molar-refractivity contribution in [2.24, 2.45) is 0 Å². The maximum absolute atomic E-state index is 9.12. The van der Waals surface area contributed by atoms with Crippen molar-refractivity contribution in [2.45, 2.75) is 33.1 Å². The maximum atomic E-state index is 9.12. The summed E-state index contributed by atoms with van der Waals surface area (Å²) >= 11 is 0. The van der Waals surface area contributed by atoms with E-state index in [-0.39, 0.29) is 5.41 Å². The second-order valence-electron chi connectivity index (χ2n) is 5.84. The summed E-state index contributed by atoms with van der Waals surface area (Å²) < 4.78 is 5.95. The van der Waals surface area contributed by atoms with E-state index >= 15 is 0 Å². The third-order valence-electron chi connectivity index (χ3n) is 3.07. The minimum atomic E-state index is -0.0297. The van der Waals surface area contributed by atoms with Gasteiger partial charge in [-0.15, -0.1) is 0 Å². The van der Waals surface area contributed by atoms with Crippen LogP contribution < -0.4 is 4.74 Å². The molecule has 1 aromatic carbocycles. The molecule has 0 bridgehead atoms. The Balaban J connectivity index is 2.48. The summed E-state index contributed by atoms with van der Waals surface area (Å²) in [5.74, 6) is 1.27. The number of nitrogens with zero attached hydrogens (tertiary/aromatic N) is 2. The summed E-state index contributed by atoms with van der Waals surface area (Å²) in [4.78, 5) is 4.03. The van der Waals surface area contributed by atoms with Crippen LogP contribution >= 0.6 is 0 Å². The average molecular weight is 266 g/mol. The number of nitriles is 1. The molecule has 1 heterocycles. The lowest BCUT2D eigenvalue weighted by atomic mass is 9.86. The molecule has 1 aromatic heterocycles. The van der Waals surface area contributed by atoms with Crippen LogP contribution in [0, 0.1) is 18.3 Å². The van der Waals surface area contributed by atoms with E-state index in [9.17, 15) is 0 Å². The zero-order valence-corrected chi connectivity index (χ0v) is 12.3. The first-order valence-electron chi connectivity index (χ1n) is 6.55. The van der Waals surface area contributed by atoms with E-state index in [1.54, 1.807) is 18.5 Å². The fourth-order valence-corrected chi connectivity index (χ4v) is 2.01. The van der Waals surface area contributed by atoms with Crippen molar-refractivity contribution in [3.8, 4) is 17.6 Å². The Morgan fingerprint density at radius 2 is 1.90 bits per heavy atom. The Morgan fingerprint density at radius 1 is 1.15 bits per heavy atom. The van der Waals surface area contributed by atoms with Gasteiger partial charge in [0, 0.05) is 11.8 Å². The van der Waals surface area contributed by atoms with Crippen LogP contribution in [0.5, 0.6) is 11.5 Å². The topological polar surface area (TPSA) is 45.9 Å². The van der Waals surface area contributed by atoms with Gasteiger partial charge in [0.05, 0.1) is 11.8 Å². The number of benzene rings is 1. The zero-order chi connectivity index (χ0) is 14.8. The lowest BCUT2D eigenvalue weighted by molar-refractivity contribution is 0.452. The van der Waals surface area contributed by atoms with Gasteiger partial charge in [-0.2, -0.15) is 5.26 Å². The van der Waals surface area contributed by atoms with Crippen LogP contribution in [-0.2, 0) is 5.41 Å². The summed E-state index contributed by atoms with van der Waals surface area (Å²) in [7, 11) is 0. The number of ether oxygens (including phenoxy) is 1. The first kappa shape index (κ1) is 14.1. The predicted octanol–water partition coefficient (Wildman–Crippen LogP) is 4.35. The minimum absolute atomic E-state index is 0.0297. The molecule has 0 fully saturated rings. The minimum Gasteiger partial charge on any atom is -0.454 e. The van der Waals surface area contributed by atoms with Gasteiger partial charge >= 0.3 is 0 Å². The predicted molar refractivity (Wildman–Crippen MR) is 78.9 cm³/mol. The quantitative estimate of drug-likeness (QED) is 0.811. The molecule has 0 saturated heterocycles. The molecule has 0 aliphatic rings. The highest BCUT2D eigenvalue weighted by Crippen LogP contribution is 2.35. The van der Waals surface area contributed by atoms with Crippen LogP contribution in [0.4, 0.5) is 0 Å². The smallest absolute Gasteiger partial charge is 0.163 e. The van der Waals surface area contributed by atoms with Crippen molar-refractivity contribution in [2.75, 3.05) is 0 Å². The largest absolute Gasteiger partial charge is 0.454 e. The molecule has 0 aliphatic heterocycles. The Bertz CT molecular complexity index is 663. The summed E-state index contributed by atoms with van der Waals surface area (Å²) in [6.45, 7) is 8.44. The first-order valence-corrected chi connectivity index (χ1v) is 6.55. The molecular formula is C17H18N2O. The molecule has 2 rings (SSSR count). The van der Waals surface area contributed by atoms with Gasteiger partial charge in [-0.05, 0) is 30.0 Å². The van der Waals surface area contributed by atoms with Crippen LogP contribution in [0.25, 0.3) is 0 Å². The summed E-state index contributed by atoms with van der Waals surface area (Å²) in [6, 6.07) is 9.92. The number of hydrogen-bond donors (Lipinski definition) is 0. The van der Waals surface area contributed by atoms with Crippen LogP contribution in [0.15, 0.2) is 36.7 Å². The average Bonchev–Trinajstić information content (AvgIpc) is 2.38. The van der Waals surface area contributed by atoms with E-state index in [1.165, 1.54) is 0 Å². The molecular weight excluding hydrogens is 248 g/mol. The van der Waals surface area contributed by atoms with Crippen molar-refractivity contribution >= 4 is 0 Å². The number of hydrogen-bond acceptors (Lipinski definition) is 3. The molecule has 0 atom stereocenters. The maximum Gasteiger partial charge on any atom is 0.163 e. The highest BCUT2D eigenvalue weighted by molar-refractivity contribution is 5.47. The lowest BCUT2D eigenvalue weighted by Crippen LogP contribution is -2.12. The van der Waals surface area contributed by atoms with E-state index in [2.05, 4.69) is 44.0 Å². The highest BCUT2D eigenvalue weighted by atomic mass is 16.5. The fraction of sp³-hybridized carbons (Fsp3) is 0.294. The Morgan fingerprint density at radius 3 is 2.55 bits per heavy atom. The van der Waals surface area contributed by atoms with Crippen molar-refractivity contribution in [3.05, 3.63) is 53.3 Å². The van der Waals surface area contributed by atoms with Gasteiger partial charge in [0.2, 0.25) is 0 Å². The van der Waals surface area contributed by atoms with Crippen molar-refractivity contribution in [3.63, 3.8) is 0 Å². The van der Waals surface area contributed by atoms with E-state index in [1.807, 2.05) is 13.0 Å². The molecule has 2 aromatic rings. The SMILES string of the molecule is Cc1ccc(C(C)(C)C)c(Oc2cnccc2C#N)c1. The third-order valence-corrected chi connectivity index (χ3v) is 3.07. The fourth-order valence-electron chi connectivity index (χ4n) is 2.01. The highest BCUT2D eigenvalue weighted by Gasteiger charge is 2.20. The number of rotatable bonds is 2. The first-order chi connectivity index (χ1) is 9.41. The second-order valence-corrected chi connectivity index (χ2v) is 5.84. The third kappa shape index (κ3) is 2.97. The van der Waals surface area contributed by atoms with Gasteiger partial charge in [0.1, 0.15) is 11.8 Å². The van der Waals surface area contributed by atoms with Gasteiger partial charge in [-0.3, -0.25) is 4.98 Å². The van der Waals surface area contributed by atoms with Crippen LogP contribution in [-0.4, -0.2) is 4.98 Å². The van der Waals surface area contributed by atoms with Gasteiger partial charge in [-0.1, -0.05) is 32.9 Å². The van der Waals surface area contributed by atoms with Crippen molar-refractivity contribution < 1.29 is 4.74 Å². The van der Waals surface area contributed by atoms with Crippen LogP contribution in [0.1, 0.15) is 37.5 Å². The zero-order valence-electron chi connectivity index (χ0n) is 12.3. The van der Waals surface area contributed by atoms with E-state index < -0.39 is 0 Å². The molecule has 0 saturated carbocycles. The van der Waals surface area contributed by atoms with E-state index in [0.717, 1.165) is 16.9 Å². The molecule has 3 nitrogen and oxygen atoms in total. The Labute approximate surface area is 119 Å². The molecule has 0 spiro atoms. The number of pyridine rings is 1. The molecule has 0 aliphatic carbocycles. The molecule has 102 valence electrons. The van der Waals surface area contributed by atoms with Crippen LogP contribution in [0.2, 0.25) is 0 Å². The molecule has 20 heavy (non-hydrogen) atoms. The number of aromatic nitrogens is 1. The Hall–Kier alpha value is -2.34. The van der Waals surface area contributed by atoms with Gasteiger partial charge in [-0.25, -0.2) is 0 Å². The number of aryl methyl sites for hydroxylation is 1. The molecule has 0 unspecified atom stereocenters. The lowest BCUT2D eigenvalue weighted by Gasteiger charge is -2.23. The molecule has 3 heteroatoms. The van der Waals surface area contributed by atoms with Gasteiger partial charge < -0.3 is 4.74 Å². The normalized spacial score (nSPS) is 10.9. The summed E-state index contributed by atoms with van der Waals surface area (Å²) in [6.07, 6.45) is 3.17. The summed E-state index contributed by atoms with van der Waals surface area (Å²) in [5.41, 5.74) is 2.69. The Kier molecular flexibility index (Phi) is 3.76. The molecule has 0 radical (unpaired) electrons. The van der Waals surface area contributed by atoms with E-state index in [0.29, 0.717) is 11.3 Å².